The molecule has 1 aliphatic rings. The first kappa shape index (κ1) is 28.9. The quantitative estimate of drug-likeness (QED) is 0.169. The smallest absolute Gasteiger partial charge is 0.266 e. The summed E-state index contributed by atoms with van der Waals surface area (Å²) in [6, 6.07) is 22.1. The van der Waals surface area contributed by atoms with Crippen molar-refractivity contribution >= 4 is 50.3 Å². The first-order valence-corrected chi connectivity index (χ1v) is 15.6. The number of thioether (sulfide) groups is 1. The van der Waals surface area contributed by atoms with Crippen molar-refractivity contribution in [2.75, 3.05) is 13.1 Å². The lowest BCUT2D eigenvalue weighted by molar-refractivity contribution is -0.122. The first-order valence-electron chi connectivity index (χ1n) is 13.0. The van der Waals surface area contributed by atoms with Gasteiger partial charge in [0.15, 0.2) is 0 Å². The molecule has 5 rings (SSSR count). The van der Waals surface area contributed by atoms with Crippen LogP contribution in [0, 0.1) is 5.82 Å². The molecular formula is C30H27FN4O3S3. The maximum Gasteiger partial charge on any atom is 0.266 e. The van der Waals surface area contributed by atoms with Gasteiger partial charge in [-0.25, -0.2) is 17.5 Å². The predicted molar refractivity (Wildman–Crippen MR) is 164 cm³/mol. The van der Waals surface area contributed by atoms with Crippen LogP contribution in [0.1, 0.15) is 25.0 Å². The van der Waals surface area contributed by atoms with Crippen molar-refractivity contribution in [1.82, 2.24) is 19.0 Å². The topological polar surface area (TPSA) is 75.5 Å². The second-order valence-corrected chi connectivity index (χ2v) is 12.8. The molecule has 1 aliphatic heterocycles. The van der Waals surface area contributed by atoms with Gasteiger partial charge in [0.05, 0.1) is 22.0 Å². The van der Waals surface area contributed by atoms with Crippen LogP contribution >= 0.6 is 24.0 Å². The van der Waals surface area contributed by atoms with Crippen LogP contribution in [-0.2, 0) is 21.4 Å². The molecule has 7 nitrogen and oxygen atoms in total. The summed E-state index contributed by atoms with van der Waals surface area (Å²) in [5.74, 6) is -0.614. The number of para-hydroxylation sites is 1. The third-order valence-corrected chi connectivity index (χ3v) is 10.1. The Balaban J connectivity index is 1.55. The molecule has 1 aromatic heterocycles. The molecule has 1 saturated heterocycles. The molecule has 2 heterocycles. The van der Waals surface area contributed by atoms with Crippen molar-refractivity contribution < 1.29 is 17.6 Å². The zero-order chi connectivity index (χ0) is 29.1. The summed E-state index contributed by atoms with van der Waals surface area (Å²) in [7, 11) is -3.69. The fourth-order valence-corrected chi connectivity index (χ4v) is 7.25. The van der Waals surface area contributed by atoms with E-state index in [-0.39, 0.29) is 23.2 Å². The first-order chi connectivity index (χ1) is 19.7. The van der Waals surface area contributed by atoms with Crippen molar-refractivity contribution in [3.05, 3.63) is 107 Å². The highest BCUT2D eigenvalue weighted by Crippen LogP contribution is 2.36. The molecule has 41 heavy (non-hydrogen) atoms. The maximum absolute atomic E-state index is 13.4. The highest BCUT2D eigenvalue weighted by atomic mass is 32.2. The van der Waals surface area contributed by atoms with Crippen LogP contribution in [-0.4, -0.2) is 50.7 Å². The van der Waals surface area contributed by atoms with Crippen molar-refractivity contribution in [3.63, 3.8) is 0 Å². The summed E-state index contributed by atoms with van der Waals surface area (Å²) in [4.78, 5) is 15.5. The molecule has 1 amide bonds. The van der Waals surface area contributed by atoms with Crippen molar-refractivity contribution in [3.8, 4) is 16.9 Å². The third-order valence-electron chi connectivity index (χ3n) is 6.63. The molecule has 0 bridgehead atoms. The SMILES string of the molecule is CCN(CC)S(=O)(=O)c1cccc(-c2nn(-c3ccccc3)cc2/C=C2\SC(=S)N(Cc3ccc(F)cc3)C2=O)c1. The van der Waals surface area contributed by atoms with Crippen LogP contribution in [0.25, 0.3) is 23.0 Å². The number of thiocarbonyl (C=S) groups is 1. The Morgan fingerprint density at radius 3 is 2.39 bits per heavy atom. The minimum Gasteiger partial charge on any atom is -0.288 e. The van der Waals surface area contributed by atoms with Crippen LogP contribution in [0.15, 0.2) is 94.9 Å². The summed E-state index contributed by atoms with van der Waals surface area (Å²) >= 11 is 6.69. The molecule has 4 aromatic rings. The van der Waals surface area contributed by atoms with Crippen LogP contribution < -0.4 is 0 Å². The van der Waals surface area contributed by atoms with Gasteiger partial charge in [0.25, 0.3) is 5.91 Å². The number of aromatic nitrogens is 2. The molecule has 1 fully saturated rings. The van der Waals surface area contributed by atoms with Crippen molar-refractivity contribution in [2.24, 2.45) is 0 Å². The van der Waals surface area contributed by atoms with Gasteiger partial charge >= 0.3 is 0 Å². The molecule has 0 saturated carbocycles. The van der Waals surface area contributed by atoms with E-state index in [9.17, 15) is 17.6 Å². The van der Waals surface area contributed by atoms with Gasteiger partial charge in [0, 0.05) is 30.4 Å². The van der Waals surface area contributed by atoms with Gasteiger partial charge in [-0.2, -0.15) is 9.40 Å². The fourth-order valence-electron chi connectivity index (χ4n) is 4.50. The molecule has 0 aliphatic carbocycles. The van der Waals surface area contributed by atoms with Gasteiger partial charge in [-0.3, -0.25) is 9.69 Å². The molecular weight excluding hydrogens is 580 g/mol. The number of halogens is 1. The number of carbonyl (C=O) groups is 1. The van der Waals surface area contributed by atoms with E-state index in [4.69, 9.17) is 17.3 Å². The van der Waals surface area contributed by atoms with E-state index in [2.05, 4.69) is 0 Å². The van der Waals surface area contributed by atoms with E-state index < -0.39 is 10.0 Å². The largest absolute Gasteiger partial charge is 0.288 e. The third kappa shape index (κ3) is 6.03. The van der Waals surface area contributed by atoms with Crippen molar-refractivity contribution in [1.29, 1.82) is 0 Å². The fraction of sp³-hybridized carbons (Fsp3) is 0.167. The summed E-state index contributed by atoms with van der Waals surface area (Å²) < 4.78 is 43.4. The van der Waals surface area contributed by atoms with Crippen molar-refractivity contribution in [2.45, 2.75) is 25.3 Å². The average Bonchev–Trinajstić information content (AvgIpc) is 3.51. The van der Waals surface area contributed by atoms with E-state index in [0.29, 0.717) is 39.1 Å². The Morgan fingerprint density at radius 1 is 1.00 bits per heavy atom. The second-order valence-electron chi connectivity index (χ2n) is 9.22. The molecule has 210 valence electrons. The number of nitrogens with zero attached hydrogens (tertiary/aromatic N) is 4. The maximum atomic E-state index is 13.4. The van der Waals surface area contributed by atoms with E-state index in [1.807, 2.05) is 36.5 Å². The number of benzene rings is 3. The molecule has 0 radical (unpaired) electrons. The van der Waals surface area contributed by atoms with E-state index >= 15 is 0 Å². The number of carbonyl (C=O) groups excluding carboxylic acids is 1. The average molecular weight is 607 g/mol. The van der Waals surface area contributed by atoms with E-state index in [1.165, 1.54) is 33.1 Å². The highest BCUT2D eigenvalue weighted by molar-refractivity contribution is 8.26. The normalized spacial score (nSPS) is 14.9. The molecule has 11 heteroatoms. The number of rotatable bonds is 9. The minimum absolute atomic E-state index is 0.171. The highest BCUT2D eigenvalue weighted by Gasteiger charge is 2.32. The lowest BCUT2D eigenvalue weighted by Gasteiger charge is -2.18. The van der Waals surface area contributed by atoms with Gasteiger partial charge in [-0.1, -0.05) is 80.3 Å². The van der Waals surface area contributed by atoms with Crippen LogP contribution in [0.5, 0.6) is 0 Å². The number of amides is 1. The zero-order valence-electron chi connectivity index (χ0n) is 22.4. The zero-order valence-corrected chi connectivity index (χ0v) is 24.8. The van der Waals surface area contributed by atoms with Crippen LogP contribution in [0.4, 0.5) is 4.39 Å². The van der Waals surface area contributed by atoms with Gasteiger partial charge in [0.2, 0.25) is 10.0 Å². The van der Waals surface area contributed by atoms with Crippen LogP contribution in [0.3, 0.4) is 0 Å². The Kier molecular flexibility index (Phi) is 8.50. The Labute approximate surface area is 248 Å². The van der Waals surface area contributed by atoms with Gasteiger partial charge in [0.1, 0.15) is 15.8 Å². The van der Waals surface area contributed by atoms with E-state index in [0.717, 1.165) is 11.3 Å². The molecule has 0 unspecified atom stereocenters. The summed E-state index contributed by atoms with van der Waals surface area (Å²) in [5.41, 5.74) is 3.32. The summed E-state index contributed by atoms with van der Waals surface area (Å²) in [6.45, 7) is 4.55. The Bertz CT molecular complexity index is 1730. The minimum atomic E-state index is -3.69. The number of hydrogen-bond donors (Lipinski definition) is 0. The molecule has 0 spiro atoms. The van der Waals surface area contributed by atoms with Gasteiger partial charge in [-0.15, -0.1) is 0 Å². The lowest BCUT2D eigenvalue weighted by atomic mass is 10.1. The lowest BCUT2D eigenvalue weighted by Crippen LogP contribution is -2.30. The van der Waals surface area contributed by atoms with Gasteiger partial charge < -0.3 is 0 Å². The summed E-state index contributed by atoms with van der Waals surface area (Å²) in [6.07, 6.45) is 3.54. The summed E-state index contributed by atoms with van der Waals surface area (Å²) in [5, 5.41) is 4.80. The number of hydrogen-bond acceptors (Lipinski definition) is 6. The van der Waals surface area contributed by atoms with Crippen LogP contribution in [0.2, 0.25) is 0 Å². The molecule has 0 N–H and O–H groups in total. The molecule has 3 aromatic carbocycles. The Hall–Kier alpha value is -3.64. The monoisotopic (exact) mass is 606 g/mol. The predicted octanol–water partition coefficient (Wildman–Crippen LogP) is 6.11. The number of sulfonamides is 1. The standard InChI is InChI=1S/C30H27FN4O3S3/c1-3-33(4-2)41(37,38)26-12-8-9-22(17-26)28-23(20-35(32-28)25-10-6-5-7-11-25)18-27-29(36)34(30(39)40-27)19-21-13-15-24(31)16-14-21/h5-18,20H,3-4,19H2,1-2H3/b27-18-. The molecule has 0 atom stereocenters. The van der Waals surface area contributed by atoms with Gasteiger partial charge in [-0.05, 0) is 48.0 Å². The van der Waals surface area contributed by atoms with E-state index in [1.54, 1.807) is 61.0 Å². The Morgan fingerprint density at radius 2 is 1.71 bits per heavy atom. The second kappa shape index (κ2) is 12.1.